The normalized spacial score (nSPS) is 10.1. The molecule has 2 rings (SSSR count). The molecule has 0 aliphatic carbocycles. The lowest BCUT2D eigenvalue weighted by Gasteiger charge is -2.13. The van der Waals surface area contributed by atoms with E-state index in [2.05, 4.69) is 27.2 Å². The lowest BCUT2D eigenvalue weighted by atomic mass is 10.1. The first-order valence-corrected chi connectivity index (χ1v) is 6.96. The van der Waals surface area contributed by atoms with Gasteiger partial charge in [0.25, 0.3) is 0 Å². The van der Waals surface area contributed by atoms with Crippen molar-refractivity contribution in [2.24, 2.45) is 0 Å². The Morgan fingerprint density at radius 3 is 2.55 bits per heavy atom. The first-order chi connectivity index (χ1) is 10.3. The van der Waals surface area contributed by atoms with Gasteiger partial charge in [-0.2, -0.15) is 0 Å². The zero-order valence-corrected chi connectivity index (χ0v) is 13.1. The Morgan fingerprint density at radius 2 is 2.00 bits per heavy atom. The highest BCUT2D eigenvalue weighted by molar-refractivity contribution is 9.10. The Labute approximate surface area is 138 Å². The molecule has 0 aromatic heterocycles. The molecule has 22 heavy (non-hydrogen) atoms. The first kappa shape index (κ1) is 16.3. The molecule has 0 spiro atoms. The molecule has 0 amide bonds. The predicted molar refractivity (Wildman–Crippen MR) is 83.7 cm³/mol. The van der Waals surface area contributed by atoms with Crippen molar-refractivity contribution in [1.29, 1.82) is 0 Å². The molecule has 0 saturated heterocycles. The molecule has 0 saturated carbocycles. The standard InChI is InChI=1S/C15H7BrClF2NO2/c1-2-7-3-4-11(10(17)5-7)20-14-8(15(21)22)6-9(16)12(18)13(14)19/h1,3-6,20H,(H,21,22). The number of carboxylic acid groups (broad SMARTS) is 1. The van der Waals surface area contributed by atoms with E-state index in [9.17, 15) is 13.6 Å². The monoisotopic (exact) mass is 385 g/mol. The van der Waals surface area contributed by atoms with Gasteiger partial charge >= 0.3 is 5.97 Å². The lowest BCUT2D eigenvalue weighted by molar-refractivity contribution is 0.0697. The summed E-state index contributed by atoms with van der Waals surface area (Å²) in [6.45, 7) is 0. The SMILES string of the molecule is C#Cc1ccc(Nc2c(C(=O)O)cc(Br)c(F)c2F)c(Cl)c1. The van der Waals surface area contributed by atoms with Crippen molar-refractivity contribution in [2.45, 2.75) is 0 Å². The third kappa shape index (κ3) is 3.06. The minimum atomic E-state index is -1.42. The van der Waals surface area contributed by atoms with E-state index < -0.39 is 28.9 Å². The number of aromatic carboxylic acids is 1. The highest BCUT2D eigenvalue weighted by Crippen LogP contribution is 2.33. The topological polar surface area (TPSA) is 49.3 Å². The van der Waals surface area contributed by atoms with Crippen LogP contribution in [-0.4, -0.2) is 11.1 Å². The van der Waals surface area contributed by atoms with Gasteiger partial charge in [-0.1, -0.05) is 17.5 Å². The Kier molecular flexibility index (Phi) is 4.69. The Hall–Kier alpha value is -2.10. The fourth-order valence-electron chi connectivity index (χ4n) is 1.73. The molecular formula is C15H7BrClF2NO2. The zero-order chi connectivity index (χ0) is 16.4. The minimum absolute atomic E-state index is 0.148. The summed E-state index contributed by atoms with van der Waals surface area (Å²) in [5.41, 5.74) is -0.272. The van der Waals surface area contributed by atoms with Crippen LogP contribution in [-0.2, 0) is 0 Å². The quantitative estimate of drug-likeness (QED) is 0.588. The molecule has 112 valence electrons. The van der Waals surface area contributed by atoms with Gasteiger partial charge in [0, 0.05) is 5.56 Å². The van der Waals surface area contributed by atoms with Gasteiger partial charge in [0.05, 0.1) is 26.4 Å². The van der Waals surface area contributed by atoms with Crippen LogP contribution >= 0.6 is 27.5 Å². The zero-order valence-electron chi connectivity index (χ0n) is 10.8. The van der Waals surface area contributed by atoms with Crippen molar-refractivity contribution in [3.8, 4) is 12.3 Å². The van der Waals surface area contributed by atoms with Gasteiger partial charge < -0.3 is 10.4 Å². The van der Waals surface area contributed by atoms with Crippen molar-refractivity contribution in [2.75, 3.05) is 5.32 Å². The number of carboxylic acids is 1. The summed E-state index contributed by atoms with van der Waals surface area (Å²) < 4.78 is 27.4. The molecule has 0 heterocycles. The van der Waals surface area contributed by atoms with Crippen LogP contribution < -0.4 is 5.32 Å². The van der Waals surface area contributed by atoms with E-state index in [-0.39, 0.29) is 15.2 Å². The van der Waals surface area contributed by atoms with E-state index in [1.54, 1.807) is 0 Å². The highest BCUT2D eigenvalue weighted by atomic mass is 79.9. The first-order valence-electron chi connectivity index (χ1n) is 5.79. The van der Waals surface area contributed by atoms with Crippen LogP contribution in [0.2, 0.25) is 5.02 Å². The fraction of sp³-hybridized carbons (Fsp3) is 0. The van der Waals surface area contributed by atoms with E-state index in [1.807, 2.05) is 0 Å². The number of anilines is 2. The summed E-state index contributed by atoms with van der Waals surface area (Å²) in [5.74, 6) is -1.58. The molecule has 0 fully saturated rings. The number of nitrogens with one attached hydrogen (secondary N) is 1. The molecular weight excluding hydrogens is 380 g/mol. The average Bonchev–Trinajstić information content (AvgIpc) is 2.48. The third-order valence-corrected chi connectivity index (χ3v) is 3.68. The Bertz CT molecular complexity index is 818. The van der Waals surface area contributed by atoms with Crippen LogP contribution in [0.15, 0.2) is 28.7 Å². The van der Waals surface area contributed by atoms with Crippen LogP contribution in [0.3, 0.4) is 0 Å². The van der Waals surface area contributed by atoms with Gasteiger partial charge in [-0.15, -0.1) is 6.42 Å². The summed E-state index contributed by atoms with van der Waals surface area (Å²) in [6, 6.07) is 5.38. The molecule has 2 aromatic carbocycles. The van der Waals surface area contributed by atoms with Gasteiger partial charge in [0.2, 0.25) is 0 Å². The minimum Gasteiger partial charge on any atom is -0.478 e. The van der Waals surface area contributed by atoms with Crippen molar-refractivity contribution in [3.05, 3.63) is 56.5 Å². The molecule has 0 unspecified atom stereocenters. The fourth-order valence-corrected chi connectivity index (χ4v) is 2.36. The van der Waals surface area contributed by atoms with E-state index in [4.69, 9.17) is 23.1 Å². The van der Waals surface area contributed by atoms with E-state index in [0.29, 0.717) is 5.56 Å². The maximum atomic E-state index is 14.0. The predicted octanol–water partition coefficient (Wildman–Crippen LogP) is 4.80. The second kappa shape index (κ2) is 6.34. The van der Waals surface area contributed by atoms with E-state index >= 15 is 0 Å². The van der Waals surface area contributed by atoms with Crippen LogP contribution in [0, 0.1) is 24.0 Å². The number of carbonyl (C=O) groups is 1. The molecule has 2 N–H and O–H groups in total. The van der Waals surface area contributed by atoms with Crippen molar-refractivity contribution >= 4 is 44.9 Å². The maximum absolute atomic E-state index is 14.0. The maximum Gasteiger partial charge on any atom is 0.337 e. The third-order valence-electron chi connectivity index (χ3n) is 2.79. The van der Waals surface area contributed by atoms with Crippen LogP contribution in [0.1, 0.15) is 15.9 Å². The molecule has 0 atom stereocenters. The van der Waals surface area contributed by atoms with Crippen LogP contribution in [0.5, 0.6) is 0 Å². The summed E-state index contributed by atoms with van der Waals surface area (Å²) in [5, 5.41) is 11.8. The molecule has 2 aromatic rings. The number of benzene rings is 2. The number of rotatable bonds is 3. The van der Waals surface area contributed by atoms with Gasteiger partial charge in [-0.25, -0.2) is 13.6 Å². The summed E-state index contributed by atoms with van der Waals surface area (Å²) in [4.78, 5) is 11.2. The summed E-state index contributed by atoms with van der Waals surface area (Å²) in [6.07, 6.45) is 5.22. The number of terminal acetylenes is 1. The number of hydrogen-bond donors (Lipinski definition) is 2. The second-order valence-electron chi connectivity index (χ2n) is 4.18. The molecule has 7 heteroatoms. The largest absolute Gasteiger partial charge is 0.478 e. The van der Waals surface area contributed by atoms with Crippen molar-refractivity contribution < 1.29 is 18.7 Å². The van der Waals surface area contributed by atoms with Crippen molar-refractivity contribution in [1.82, 2.24) is 0 Å². The highest BCUT2D eigenvalue weighted by Gasteiger charge is 2.22. The molecule has 0 bridgehead atoms. The molecule has 3 nitrogen and oxygen atoms in total. The molecule has 0 radical (unpaired) electrons. The van der Waals surface area contributed by atoms with Crippen molar-refractivity contribution in [3.63, 3.8) is 0 Å². The summed E-state index contributed by atoms with van der Waals surface area (Å²) in [7, 11) is 0. The van der Waals surface area contributed by atoms with E-state index in [0.717, 1.165) is 6.07 Å². The second-order valence-corrected chi connectivity index (χ2v) is 5.44. The van der Waals surface area contributed by atoms with E-state index in [1.165, 1.54) is 18.2 Å². The Balaban J connectivity index is 2.56. The number of halogens is 4. The smallest absolute Gasteiger partial charge is 0.337 e. The summed E-state index contributed by atoms with van der Waals surface area (Å²) >= 11 is 8.75. The Morgan fingerprint density at radius 1 is 1.32 bits per heavy atom. The van der Waals surface area contributed by atoms with Gasteiger partial charge in [-0.05, 0) is 40.2 Å². The molecule has 0 aliphatic heterocycles. The van der Waals surface area contributed by atoms with Gasteiger partial charge in [0.1, 0.15) is 0 Å². The molecule has 0 aliphatic rings. The van der Waals surface area contributed by atoms with Gasteiger partial charge in [-0.3, -0.25) is 0 Å². The average molecular weight is 387 g/mol. The van der Waals surface area contributed by atoms with Gasteiger partial charge in [0.15, 0.2) is 11.6 Å². The number of hydrogen-bond acceptors (Lipinski definition) is 2. The van der Waals surface area contributed by atoms with Crippen LogP contribution in [0.4, 0.5) is 20.2 Å². The van der Waals surface area contributed by atoms with Crippen LogP contribution in [0.25, 0.3) is 0 Å². The lowest BCUT2D eigenvalue weighted by Crippen LogP contribution is -2.07.